The van der Waals surface area contributed by atoms with E-state index in [1.807, 2.05) is 37.3 Å². The van der Waals surface area contributed by atoms with Gasteiger partial charge in [0, 0.05) is 19.2 Å². The predicted molar refractivity (Wildman–Crippen MR) is 93.0 cm³/mol. The minimum atomic E-state index is -0.107. The van der Waals surface area contributed by atoms with Crippen molar-refractivity contribution < 1.29 is 19.0 Å². The van der Waals surface area contributed by atoms with Crippen LogP contribution in [0.5, 0.6) is 17.2 Å². The second-order valence-corrected chi connectivity index (χ2v) is 5.24. The zero-order valence-corrected chi connectivity index (χ0v) is 14.5. The second-order valence-electron chi connectivity index (χ2n) is 5.24. The first-order valence-electron chi connectivity index (χ1n) is 7.79. The molecular weight excluding hydrogens is 306 g/mol. The van der Waals surface area contributed by atoms with Gasteiger partial charge in [0.05, 0.1) is 26.4 Å². The third-order valence-corrected chi connectivity index (χ3v) is 3.66. The van der Waals surface area contributed by atoms with E-state index in [2.05, 4.69) is 0 Å². The lowest BCUT2D eigenvalue weighted by Crippen LogP contribution is -2.27. The first-order chi connectivity index (χ1) is 11.6. The predicted octanol–water partition coefficient (Wildman–Crippen LogP) is 3.37. The maximum atomic E-state index is 12.8. The molecule has 0 aliphatic carbocycles. The van der Waals surface area contributed by atoms with E-state index in [0.29, 0.717) is 36.0 Å². The minimum Gasteiger partial charge on any atom is -0.493 e. The fourth-order valence-corrected chi connectivity index (χ4v) is 2.54. The van der Waals surface area contributed by atoms with Gasteiger partial charge in [-0.05, 0) is 25.1 Å². The topological polar surface area (TPSA) is 48.0 Å². The first kappa shape index (κ1) is 17.7. The molecular formula is C19H23NO4. The number of hydrogen-bond donors (Lipinski definition) is 0. The fourth-order valence-electron chi connectivity index (χ4n) is 2.54. The van der Waals surface area contributed by atoms with Crippen molar-refractivity contribution >= 4 is 5.91 Å². The zero-order valence-electron chi connectivity index (χ0n) is 14.5. The molecule has 0 N–H and O–H groups in total. The highest BCUT2D eigenvalue weighted by Gasteiger charge is 2.19. The molecule has 0 spiro atoms. The molecule has 0 unspecified atom stereocenters. The summed E-state index contributed by atoms with van der Waals surface area (Å²) in [6, 6.07) is 12.9. The molecule has 0 aromatic heterocycles. The molecule has 128 valence electrons. The van der Waals surface area contributed by atoms with Gasteiger partial charge in [0.25, 0.3) is 5.91 Å². The lowest BCUT2D eigenvalue weighted by molar-refractivity contribution is 0.0780. The summed E-state index contributed by atoms with van der Waals surface area (Å²) in [6.45, 7) is 2.81. The molecule has 0 bridgehead atoms. The highest BCUT2D eigenvalue weighted by molar-refractivity contribution is 5.96. The largest absolute Gasteiger partial charge is 0.493 e. The number of methoxy groups -OCH3 is 2. The van der Waals surface area contributed by atoms with Crippen LogP contribution in [0.3, 0.4) is 0 Å². The Hall–Kier alpha value is -2.69. The molecule has 0 saturated carbocycles. The van der Waals surface area contributed by atoms with Gasteiger partial charge in [-0.3, -0.25) is 4.79 Å². The number of nitrogens with zero attached hydrogens (tertiary/aromatic N) is 1. The van der Waals surface area contributed by atoms with E-state index in [1.165, 1.54) is 0 Å². The van der Waals surface area contributed by atoms with Crippen LogP contribution in [0.2, 0.25) is 0 Å². The monoisotopic (exact) mass is 329 g/mol. The molecule has 5 nitrogen and oxygen atoms in total. The van der Waals surface area contributed by atoms with E-state index in [9.17, 15) is 4.79 Å². The molecule has 0 heterocycles. The van der Waals surface area contributed by atoms with Crippen LogP contribution in [0.4, 0.5) is 0 Å². The lowest BCUT2D eigenvalue weighted by Gasteiger charge is -2.21. The lowest BCUT2D eigenvalue weighted by atomic mass is 10.1. The molecule has 24 heavy (non-hydrogen) atoms. The van der Waals surface area contributed by atoms with Crippen LogP contribution in [0.1, 0.15) is 22.8 Å². The standard InChI is InChI=1S/C19H23NO4/c1-5-24-16-11-7-6-10-15(16)19(21)20(2)13-14-9-8-12-17(22-3)18(14)23-4/h6-12H,5,13H2,1-4H3. The molecule has 5 heteroatoms. The molecule has 2 aromatic carbocycles. The van der Waals surface area contributed by atoms with Gasteiger partial charge in [-0.1, -0.05) is 24.3 Å². The van der Waals surface area contributed by atoms with Crippen molar-refractivity contribution in [2.45, 2.75) is 13.5 Å². The number of ether oxygens (including phenoxy) is 3. The molecule has 0 saturated heterocycles. The van der Waals surface area contributed by atoms with Crippen LogP contribution >= 0.6 is 0 Å². The van der Waals surface area contributed by atoms with Crippen molar-refractivity contribution in [1.29, 1.82) is 0 Å². The summed E-state index contributed by atoms with van der Waals surface area (Å²) in [4.78, 5) is 14.4. The van der Waals surface area contributed by atoms with Crippen LogP contribution in [0.25, 0.3) is 0 Å². The summed E-state index contributed by atoms with van der Waals surface area (Å²) in [7, 11) is 4.94. The van der Waals surface area contributed by atoms with Gasteiger partial charge in [0.2, 0.25) is 0 Å². The zero-order chi connectivity index (χ0) is 17.5. The Labute approximate surface area is 142 Å². The maximum Gasteiger partial charge on any atom is 0.257 e. The van der Waals surface area contributed by atoms with Crippen molar-refractivity contribution in [2.75, 3.05) is 27.9 Å². The summed E-state index contributed by atoms with van der Waals surface area (Å²) >= 11 is 0. The normalized spacial score (nSPS) is 10.2. The summed E-state index contributed by atoms with van der Waals surface area (Å²) < 4.78 is 16.3. The van der Waals surface area contributed by atoms with Gasteiger partial charge in [0.15, 0.2) is 11.5 Å². The van der Waals surface area contributed by atoms with Crippen LogP contribution < -0.4 is 14.2 Å². The van der Waals surface area contributed by atoms with Crippen molar-refractivity contribution in [3.05, 3.63) is 53.6 Å². The van der Waals surface area contributed by atoms with E-state index < -0.39 is 0 Å². The van der Waals surface area contributed by atoms with Gasteiger partial charge in [-0.2, -0.15) is 0 Å². The molecule has 0 atom stereocenters. The number of hydrogen-bond acceptors (Lipinski definition) is 4. The van der Waals surface area contributed by atoms with Crippen LogP contribution in [0.15, 0.2) is 42.5 Å². The van der Waals surface area contributed by atoms with Crippen LogP contribution in [-0.2, 0) is 6.54 Å². The number of benzene rings is 2. The van der Waals surface area contributed by atoms with E-state index in [-0.39, 0.29) is 5.91 Å². The van der Waals surface area contributed by atoms with Crippen molar-refractivity contribution in [2.24, 2.45) is 0 Å². The molecule has 2 aromatic rings. The molecule has 0 aliphatic heterocycles. The summed E-state index contributed by atoms with van der Waals surface area (Å²) in [5, 5.41) is 0. The summed E-state index contributed by atoms with van der Waals surface area (Å²) in [5.74, 6) is 1.77. The van der Waals surface area contributed by atoms with Gasteiger partial charge < -0.3 is 19.1 Å². The quantitative estimate of drug-likeness (QED) is 0.781. The first-order valence-corrected chi connectivity index (χ1v) is 7.79. The Balaban J connectivity index is 2.24. The Morgan fingerprint density at radius 2 is 1.71 bits per heavy atom. The molecule has 0 fully saturated rings. The SMILES string of the molecule is CCOc1ccccc1C(=O)N(C)Cc1cccc(OC)c1OC. The Morgan fingerprint density at radius 3 is 2.38 bits per heavy atom. The number of para-hydroxylation sites is 2. The second kappa shape index (κ2) is 8.24. The number of carbonyl (C=O) groups is 1. The number of rotatable bonds is 7. The van der Waals surface area contributed by atoms with Crippen molar-refractivity contribution in [1.82, 2.24) is 4.90 Å². The smallest absolute Gasteiger partial charge is 0.257 e. The fraction of sp³-hybridized carbons (Fsp3) is 0.316. The van der Waals surface area contributed by atoms with Crippen LogP contribution in [-0.4, -0.2) is 38.7 Å². The van der Waals surface area contributed by atoms with E-state index >= 15 is 0 Å². The molecule has 0 radical (unpaired) electrons. The summed E-state index contributed by atoms with van der Waals surface area (Å²) in [5.41, 5.74) is 1.42. The third kappa shape index (κ3) is 3.79. The average molecular weight is 329 g/mol. The van der Waals surface area contributed by atoms with Gasteiger partial charge in [-0.25, -0.2) is 0 Å². The van der Waals surface area contributed by atoms with E-state index in [1.54, 1.807) is 38.3 Å². The number of carbonyl (C=O) groups excluding carboxylic acids is 1. The van der Waals surface area contributed by atoms with Gasteiger partial charge in [-0.15, -0.1) is 0 Å². The molecule has 2 rings (SSSR count). The Kier molecular flexibility index (Phi) is 6.07. The minimum absolute atomic E-state index is 0.107. The van der Waals surface area contributed by atoms with E-state index in [0.717, 1.165) is 5.56 Å². The maximum absolute atomic E-state index is 12.8. The molecule has 1 amide bonds. The summed E-state index contributed by atoms with van der Waals surface area (Å²) in [6.07, 6.45) is 0. The van der Waals surface area contributed by atoms with Crippen molar-refractivity contribution in [3.8, 4) is 17.2 Å². The Bertz CT molecular complexity index is 700. The average Bonchev–Trinajstić information content (AvgIpc) is 2.61. The highest BCUT2D eigenvalue weighted by atomic mass is 16.5. The third-order valence-electron chi connectivity index (χ3n) is 3.66. The number of amides is 1. The van der Waals surface area contributed by atoms with E-state index in [4.69, 9.17) is 14.2 Å². The van der Waals surface area contributed by atoms with Gasteiger partial charge in [0.1, 0.15) is 5.75 Å². The van der Waals surface area contributed by atoms with Gasteiger partial charge >= 0.3 is 0 Å². The van der Waals surface area contributed by atoms with Crippen LogP contribution in [0, 0.1) is 0 Å². The molecule has 0 aliphatic rings. The highest BCUT2D eigenvalue weighted by Crippen LogP contribution is 2.31. The Morgan fingerprint density at radius 1 is 1.00 bits per heavy atom. The van der Waals surface area contributed by atoms with Crippen molar-refractivity contribution in [3.63, 3.8) is 0 Å².